The van der Waals surface area contributed by atoms with E-state index in [1.807, 2.05) is 4.90 Å². The normalized spacial score (nSPS) is 23.8. The van der Waals surface area contributed by atoms with E-state index in [1.165, 1.54) is 5.56 Å². The molecular weight excluding hydrogens is 430 g/mol. The molecule has 2 aliphatic rings. The number of nitrogens with zero attached hydrogens (tertiary/aromatic N) is 2. The van der Waals surface area contributed by atoms with Crippen LogP contribution in [0.1, 0.15) is 18.4 Å². The van der Waals surface area contributed by atoms with Crippen LogP contribution in [-0.2, 0) is 4.74 Å². The number of piperidine rings is 1. The van der Waals surface area contributed by atoms with Crippen molar-refractivity contribution in [2.24, 2.45) is 0 Å². The minimum absolute atomic E-state index is 0.0128. The summed E-state index contributed by atoms with van der Waals surface area (Å²) in [7, 11) is 0. The molecule has 0 saturated carbocycles. The number of hydrogen-bond acceptors (Lipinski definition) is 6. The Morgan fingerprint density at radius 3 is 2.30 bits per heavy atom. The van der Waals surface area contributed by atoms with Gasteiger partial charge in [0, 0.05) is 56.6 Å². The van der Waals surface area contributed by atoms with Gasteiger partial charge in [0.25, 0.3) is 0 Å². The van der Waals surface area contributed by atoms with Crippen molar-refractivity contribution < 1.29 is 28.5 Å². The molecule has 2 aromatic rings. The summed E-state index contributed by atoms with van der Waals surface area (Å²) in [6.07, 6.45) is 1.24. The minimum Gasteiger partial charge on any atom is -0.490 e. The smallest absolute Gasteiger partial charge is 0.134 e. The number of halogens is 2. The average Bonchev–Trinajstić information content (AvgIpc) is 2.94. The first-order valence-electron chi connectivity index (χ1n) is 11.4. The lowest BCUT2D eigenvalue weighted by Crippen LogP contribution is -2.55. The van der Waals surface area contributed by atoms with Crippen LogP contribution in [0.4, 0.5) is 14.5 Å². The van der Waals surface area contributed by atoms with Crippen molar-refractivity contribution in [1.29, 1.82) is 0 Å². The molecular formula is C25H32F2N2O4. The zero-order valence-corrected chi connectivity index (χ0v) is 19.0. The highest BCUT2D eigenvalue weighted by atomic mass is 19.1. The van der Waals surface area contributed by atoms with E-state index in [0.717, 1.165) is 37.0 Å². The summed E-state index contributed by atoms with van der Waals surface area (Å²) in [5, 5.41) is 22.3. The Balaban J connectivity index is 1.34. The van der Waals surface area contributed by atoms with Gasteiger partial charge in [0.1, 0.15) is 29.6 Å². The Morgan fingerprint density at radius 2 is 1.64 bits per heavy atom. The van der Waals surface area contributed by atoms with Crippen LogP contribution in [0.2, 0.25) is 0 Å². The topological polar surface area (TPSA) is 65.4 Å². The maximum absolute atomic E-state index is 13.4. The number of rotatable bonds is 6. The molecule has 0 spiro atoms. The third kappa shape index (κ3) is 6.41. The van der Waals surface area contributed by atoms with Gasteiger partial charge in [0.05, 0.1) is 18.8 Å². The molecule has 2 saturated heterocycles. The number of ether oxygens (including phenoxy) is 2. The fraction of sp³-hybridized carbons (Fsp3) is 0.520. The molecule has 0 bridgehead atoms. The van der Waals surface area contributed by atoms with Crippen molar-refractivity contribution in [3.8, 4) is 5.75 Å². The van der Waals surface area contributed by atoms with Gasteiger partial charge in [-0.3, -0.25) is 4.90 Å². The van der Waals surface area contributed by atoms with Gasteiger partial charge in [-0.1, -0.05) is 17.7 Å². The summed E-state index contributed by atoms with van der Waals surface area (Å²) in [4.78, 5) is 4.27. The van der Waals surface area contributed by atoms with E-state index in [1.54, 1.807) is 0 Å². The van der Waals surface area contributed by atoms with Gasteiger partial charge in [-0.15, -0.1) is 0 Å². The van der Waals surface area contributed by atoms with E-state index in [4.69, 9.17) is 9.47 Å². The molecule has 6 nitrogen and oxygen atoms in total. The summed E-state index contributed by atoms with van der Waals surface area (Å²) >= 11 is 0. The molecule has 2 N–H and O–H groups in total. The van der Waals surface area contributed by atoms with Crippen LogP contribution in [0.3, 0.4) is 0 Å². The Labute approximate surface area is 193 Å². The molecule has 4 rings (SSSR count). The minimum atomic E-state index is -1.36. The Bertz CT molecular complexity index is 914. The number of benzene rings is 2. The number of hydrogen-bond donors (Lipinski definition) is 2. The molecule has 2 aliphatic heterocycles. The van der Waals surface area contributed by atoms with Crippen molar-refractivity contribution >= 4 is 5.69 Å². The largest absolute Gasteiger partial charge is 0.490 e. The lowest BCUT2D eigenvalue weighted by Gasteiger charge is -2.42. The van der Waals surface area contributed by atoms with Crippen molar-refractivity contribution in [3.05, 3.63) is 59.7 Å². The van der Waals surface area contributed by atoms with Crippen LogP contribution in [0.5, 0.6) is 5.75 Å². The number of β-amino-alcohol motifs (C(OH)–C–C–N with tert-alkyl or cyclic N) is 2. The van der Waals surface area contributed by atoms with Gasteiger partial charge < -0.3 is 24.6 Å². The standard InChI is InChI=1S/C25H32F2N2O4/c1-19-2-4-22(5-3-19)29-8-6-24(30,7-9-29)15-28-10-11-32-17-25(31,16-28)18-33-23-13-20(26)12-21(27)14-23/h2-5,12-14,30-31H,6-11,15-18H2,1H3. The average molecular weight is 463 g/mol. The van der Waals surface area contributed by atoms with Gasteiger partial charge in [-0.2, -0.15) is 0 Å². The fourth-order valence-electron chi connectivity index (χ4n) is 4.56. The SMILES string of the molecule is Cc1ccc(N2CCC(O)(CN3CCOCC(O)(COc4cc(F)cc(F)c4)C3)CC2)cc1. The van der Waals surface area contributed by atoms with E-state index in [-0.39, 0.29) is 25.5 Å². The van der Waals surface area contributed by atoms with E-state index < -0.39 is 22.8 Å². The highest BCUT2D eigenvalue weighted by Crippen LogP contribution is 2.28. The molecule has 1 unspecified atom stereocenters. The molecule has 1 atom stereocenters. The maximum atomic E-state index is 13.4. The molecule has 2 fully saturated rings. The summed E-state index contributed by atoms with van der Waals surface area (Å²) in [5.74, 6) is -1.47. The number of aliphatic hydroxyl groups is 2. The quantitative estimate of drug-likeness (QED) is 0.689. The van der Waals surface area contributed by atoms with Crippen molar-refractivity contribution in [1.82, 2.24) is 4.90 Å². The van der Waals surface area contributed by atoms with Gasteiger partial charge in [-0.05, 0) is 31.9 Å². The van der Waals surface area contributed by atoms with E-state index in [0.29, 0.717) is 32.5 Å². The van der Waals surface area contributed by atoms with Crippen LogP contribution in [-0.4, -0.2) is 78.9 Å². The summed E-state index contributed by atoms with van der Waals surface area (Å²) in [6.45, 7) is 5.07. The molecule has 8 heteroatoms. The van der Waals surface area contributed by atoms with E-state index >= 15 is 0 Å². The zero-order chi connectivity index (χ0) is 23.5. The van der Waals surface area contributed by atoms with Gasteiger partial charge >= 0.3 is 0 Å². The monoisotopic (exact) mass is 462 g/mol. The lowest BCUT2D eigenvalue weighted by atomic mass is 9.90. The first-order chi connectivity index (χ1) is 15.7. The fourth-order valence-corrected chi connectivity index (χ4v) is 4.56. The van der Waals surface area contributed by atoms with Gasteiger partial charge in [-0.25, -0.2) is 8.78 Å². The molecule has 180 valence electrons. The van der Waals surface area contributed by atoms with Crippen LogP contribution in [0, 0.1) is 18.6 Å². The van der Waals surface area contributed by atoms with Crippen molar-refractivity contribution in [3.63, 3.8) is 0 Å². The third-order valence-corrected chi connectivity index (χ3v) is 6.40. The molecule has 2 aromatic carbocycles. The summed E-state index contributed by atoms with van der Waals surface area (Å²) in [6, 6.07) is 11.3. The predicted molar refractivity (Wildman–Crippen MR) is 122 cm³/mol. The molecule has 2 heterocycles. The van der Waals surface area contributed by atoms with E-state index in [2.05, 4.69) is 36.1 Å². The van der Waals surface area contributed by atoms with Crippen LogP contribution < -0.4 is 9.64 Å². The highest BCUT2D eigenvalue weighted by molar-refractivity contribution is 5.48. The second-order valence-electron chi connectivity index (χ2n) is 9.43. The highest BCUT2D eigenvalue weighted by Gasteiger charge is 2.39. The van der Waals surface area contributed by atoms with Crippen molar-refractivity contribution in [2.75, 3.05) is 57.4 Å². The van der Waals surface area contributed by atoms with Crippen LogP contribution in [0.25, 0.3) is 0 Å². The van der Waals surface area contributed by atoms with E-state index in [9.17, 15) is 19.0 Å². The Hall–Kier alpha value is -2.26. The molecule has 0 aromatic heterocycles. The molecule has 33 heavy (non-hydrogen) atoms. The zero-order valence-electron chi connectivity index (χ0n) is 19.0. The predicted octanol–water partition coefficient (Wildman–Crippen LogP) is 2.75. The van der Waals surface area contributed by atoms with Gasteiger partial charge in [0.2, 0.25) is 0 Å². The van der Waals surface area contributed by atoms with Crippen LogP contribution in [0.15, 0.2) is 42.5 Å². The summed E-state index contributed by atoms with van der Waals surface area (Å²) < 4.78 is 37.9. The first-order valence-corrected chi connectivity index (χ1v) is 11.4. The van der Waals surface area contributed by atoms with Gasteiger partial charge in [0.15, 0.2) is 0 Å². The maximum Gasteiger partial charge on any atom is 0.134 e. The molecule has 0 radical (unpaired) electrons. The Kier molecular flexibility index (Phi) is 7.19. The second kappa shape index (κ2) is 9.93. The lowest BCUT2D eigenvalue weighted by molar-refractivity contribution is -0.0743. The first kappa shape index (κ1) is 23.9. The van der Waals surface area contributed by atoms with Crippen LogP contribution >= 0.6 is 0 Å². The second-order valence-corrected chi connectivity index (χ2v) is 9.43. The number of anilines is 1. The van der Waals surface area contributed by atoms with Crippen molar-refractivity contribution in [2.45, 2.75) is 31.0 Å². The Morgan fingerprint density at radius 1 is 0.970 bits per heavy atom. The molecule has 0 amide bonds. The number of aryl methyl sites for hydroxylation is 1. The molecule has 0 aliphatic carbocycles. The summed E-state index contributed by atoms with van der Waals surface area (Å²) in [5.41, 5.74) is 0.151. The third-order valence-electron chi connectivity index (χ3n) is 6.40.